The molecule has 1 amide bonds. The van der Waals surface area contributed by atoms with Crippen molar-refractivity contribution in [3.8, 4) is 11.5 Å². The van der Waals surface area contributed by atoms with Gasteiger partial charge >= 0.3 is 5.97 Å². The summed E-state index contributed by atoms with van der Waals surface area (Å²) in [4.78, 5) is 25.2. The van der Waals surface area contributed by atoms with Crippen molar-refractivity contribution < 1.29 is 23.8 Å². The fraction of sp³-hybridized carbons (Fsp3) is 0.300. The Hall–Kier alpha value is -3.02. The van der Waals surface area contributed by atoms with E-state index < -0.39 is 12.1 Å². The number of carbonyl (C=O) groups excluding carboxylic acids is 2. The van der Waals surface area contributed by atoms with E-state index in [0.717, 1.165) is 12.8 Å². The first kappa shape index (κ1) is 17.8. The molecule has 6 nitrogen and oxygen atoms in total. The zero-order chi connectivity index (χ0) is 18.5. The molecule has 2 aromatic rings. The lowest BCUT2D eigenvalue weighted by Crippen LogP contribution is -2.33. The van der Waals surface area contributed by atoms with Gasteiger partial charge in [-0.25, -0.2) is 4.79 Å². The van der Waals surface area contributed by atoms with E-state index in [0.29, 0.717) is 17.1 Å². The number of hydrogen-bond acceptors (Lipinski definition) is 5. The number of benzene rings is 2. The van der Waals surface area contributed by atoms with Gasteiger partial charge in [-0.3, -0.25) is 4.79 Å². The fourth-order valence-electron chi connectivity index (χ4n) is 2.51. The number of carbonyl (C=O) groups is 2. The highest BCUT2D eigenvalue weighted by atomic mass is 16.5. The minimum absolute atomic E-state index is 0.171. The Morgan fingerprint density at radius 3 is 2.15 bits per heavy atom. The van der Waals surface area contributed by atoms with Crippen molar-refractivity contribution in [1.82, 2.24) is 5.32 Å². The van der Waals surface area contributed by atoms with Crippen LogP contribution < -0.4 is 14.8 Å². The largest absolute Gasteiger partial charge is 0.497 e. The van der Waals surface area contributed by atoms with Crippen LogP contribution in [0.25, 0.3) is 0 Å². The maximum atomic E-state index is 12.7. The van der Waals surface area contributed by atoms with Crippen molar-refractivity contribution in [3.63, 3.8) is 0 Å². The molecular weight excluding hydrogens is 334 g/mol. The SMILES string of the molecule is COc1cc(OC)cc(C(=O)O[C@H](C(=O)NC2CC2)c2ccccc2)c1. The van der Waals surface area contributed by atoms with Crippen LogP contribution in [0.5, 0.6) is 11.5 Å². The van der Waals surface area contributed by atoms with Crippen molar-refractivity contribution in [3.05, 3.63) is 59.7 Å². The molecule has 0 bridgehead atoms. The van der Waals surface area contributed by atoms with Gasteiger partial charge in [0.05, 0.1) is 19.8 Å². The van der Waals surface area contributed by atoms with E-state index in [4.69, 9.17) is 14.2 Å². The summed E-state index contributed by atoms with van der Waals surface area (Å²) in [6, 6.07) is 13.9. The molecule has 2 aromatic carbocycles. The third-order valence-corrected chi connectivity index (χ3v) is 4.08. The number of hydrogen-bond donors (Lipinski definition) is 1. The van der Waals surface area contributed by atoms with E-state index in [1.807, 2.05) is 6.07 Å². The summed E-state index contributed by atoms with van der Waals surface area (Å²) >= 11 is 0. The predicted octanol–water partition coefficient (Wildman–Crippen LogP) is 2.88. The van der Waals surface area contributed by atoms with Crippen LogP contribution in [0, 0.1) is 0 Å². The van der Waals surface area contributed by atoms with E-state index in [2.05, 4.69) is 5.32 Å². The summed E-state index contributed by atoms with van der Waals surface area (Å²) < 4.78 is 15.9. The molecule has 0 unspecified atom stereocenters. The number of nitrogens with one attached hydrogen (secondary N) is 1. The topological polar surface area (TPSA) is 73.9 Å². The minimum atomic E-state index is -1.01. The van der Waals surface area contributed by atoms with Crippen LogP contribution in [-0.4, -0.2) is 32.1 Å². The second kappa shape index (κ2) is 7.91. The lowest BCUT2D eigenvalue weighted by molar-refractivity contribution is -0.130. The van der Waals surface area contributed by atoms with Crippen LogP contribution in [0.2, 0.25) is 0 Å². The molecule has 1 fully saturated rings. The fourth-order valence-corrected chi connectivity index (χ4v) is 2.51. The predicted molar refractivity (Wildman–Crippen MR) is 95.3 cm³/mol. The zero-order valence-electron chi connectivity index (χ0n) is 14.7. The normalized spacial score (nSPS) is 14.2. The average molecular weight is 355 g/mol. The van der Waals surface area contributed by atoms with E-state index in [1.165, 1.54) is 14.2 Å². The van der Waals surface area contributed by atoms with Gasteiger partial charge in [0.15, 0.2) is 0 Å². The van der Waals surface area contributed by atoms with Crippen LogP contribution >= 0.6 is 0 Å². The Balaban J connectivity index is 1.83. The molecule has 6 heteroatoms. The molecule has 1 atom stereocenters. The molecule has 0 saturated heterocycles. The first-order valence-corrected chi connectivity index (χ1v) is 8.40. The van der Waals surface area contributed by atoms with E-state index in [9.17, 15) is 9.59 Å². The lowest BCUT2D eigenvalue weighted by Gasteiger charge is -2.18. The Morgan fingerprint density at radius 2 is 1.62 bits per heavy atom. The molecule has 0 spiro atoms. The molecule has 1 aliphatic rings. The molecule has 0 aromatic heterocycles. The molecule has 1 aliphatic carbocycles. The Kier molecular flexibility index (Phi) is 5.41. The third-order valence-electron chi connectivity index (χ3n) is 4.08. The number of methoxy groups -OCH3 is 2. The van der Waals surface area contributed by atoms with Crippen molar-refractivity contribution in [2.24, 2.45) is 0 Å². The van der Waals surface area contributed by atoms with Crippen molar-refractivity contribution in [2.45, 2.75) is 25.0 Å². The summed E-state index contributed by atoms with van der Waals surface area (Å²) in [6.07, 6.45) is 0.893. The van der Waals surface area contributed by atoms with Gasteiger partial charge < -0.3 is 19.5 Å². The van der Waals surface area contributed by atoms with Gasteiger partial charge in [-0.1, -0.05) is 30.3 Å². The molecule has 136 valence electrons. The Bertz CT molecular complexity index is 764. The standard InChI is InChI=1S/C20H21NO5/c1-24-16-10-14(11-17(12-16)25-2)20(23)26-18(13-6-4-3-5-7-13)19(22)21-15-8-9-15/h3-7,10-12,15,18H,8-9H2,1-2H3,(H,21,22)/t18-/m0/s1. The molecule has 0 heterocycles. The van der Waals surface area contributed by atoms with E-state index in [1.54, 1.807) is 42.5 Å². The van der Waals surface area contributed by atoms with Gasteiger partial charge in [-0.05, 0) is 25.0 Å². The molecular formula is C20H21NO5. The highest BCUT2D eigenvalue weighted by Crippen LogP contribution is 2.27. The first-order chi connectivity index (χ1) is 12.6. The smallest absolute Gasteiger partial charge is 0.339 e. The average Bonchev–Trinajstić information content (AvgIpc) is 3.49. The van der Waals surface area contributed by atoms with Gasteiger partial charge in [0.25, 0.3) is 5.91 Å². The molecule has 0 radical (unpaired) electrons. The quantitative estimate of drug-likeness (QED) is 0.773. The van der Waals surface area contributed by atoms with Crippen LogP contribution in [0.15, 0.2) is 48.5 Å². The second-order valence-corrected chi connectivity index (χ2v) is 6.08. The number of esters is 1. The highest BCUT2D eigenvalue weighted by Gasteiger charge is 2.31. The minimum Gasteiger partial charge on any atom is -0.497 e. The summed E-state index contributed by atoms with van der Waals surface area (Å²) in [7, 11) is 3.00. The maximum absolute atomic E-state index is 12.7. The van der Waals surface area contributed by atoms with Crippen molar-refractivity contribution >= 4 is 11.9 Å². The summed E-state index contributed by atoms with van der Waals surface area (Å²) in [5.74, 6) is -0.00565. The molecule has 0 aliphatic heterocycles. The summed E-state index contributed by atoms with van der Waals surface area (Å²) in [5, 5.41) is 2.89. The second-order valence-electron chi connectivity index (χ2n) is 6.08. The lowest BCUT2D eigenvalue weighted by atomic mass is 10.1. The van der Waals surface area contributed by atoms with E-state index >= 15 is 0 Å². The van der Waals surface area contributed by atoms with E-state index in [-0.39, 0.29) is 17.5 Å². The third kappa shape index (κ3) is 4.33. The van der Waals surface area contributed by atoms with Gasteiger partial charge in [0, 0.05) is 17.7 Å². The van der Waals surface area contributed by atoms with Crippen LogP contribution in [0.4, 0.5) is 0 Å². The molecule has 1 saturated carbocycles. The van der Waals surface area contributed by atoms with Crippen molar-refractivity contribution in [2.75, 3.05) is 14.2 Å². The molecule has 1 N–H and O–H groups in total. The summed E-state index contributed by atoms with van der Waals surface area (Å²) in [5.41, 5.74) is 0.871. The van der Waals surface area contributed by atoms with Gasteiger partial charge in [-0.2, -0.15) is 0 Å². The maximum Gasteiger partial charge on any atom is 0.339 e. The first-order valence-electron chi connectivity index (χ1n) is 8.40. The summed E-state index contributed by atoms with van der Waals surface area (Å²) in [6.45, 7) is 0. The van der Waals surface area contributed by atoms with Crippen LogP contribution in [-0.2, 0) is 9.53 Å². The number of ether oxygens (including phenoxy) is 3. The zero-order valence-corrected chi connectivity index (χ0v) is 14.7. The van der Waals surface area contributed by atoms with Gasteiger partial charge in [0.1, 0.15) is 11.5 Å². The number of rotatable bonds is 7. The molecule has 26 heavy (non-hydrogen) atoms. The Labute approximate surface area is 152 Å². The highest BCUT2D eigenvalue weighted by molar-refractivity contribution is 5.93. The van der Waals surface area contributed by atoms with Crippen LogP contribution in [0.3, 0.4) is 0 Å². The monoisotopic (exact) mass is 355 g/mol. The number of amides is 1. The Morgan fingerprint density at radius 1 is 1.00 bits per heavy atom. The van der Waals surface area contributed by atoms with Gasteiger partial charge in [0.2, 0.25) is 6.10 Å². The van der Waals surface area contributed by atoms with Gasteiger partial charge in [-0.15, -0.1) is 0 Å². The van der Waals surface area contributed by atoms with Crippen LogP contribution in [0.1, 0.15) is 34.9 Å². The van der Waals surface area contributed by atoms with Crippen molar-refractivity contribution in [1.29, 1.82) is 0 Å². The molecule has 3 rings (SSSR count).